The molecular weight excluding hydrogens is 332 g/mol. The van der Waals surface area contributed by atoms with Crippen molar-refractivity contribution in [3.05, 3.63) is 29.8 Å². The molecule has 1 aromatic rings. The molecule has 0 radical (unpaired) electrons. The minimum atomic E-state index is -3.58. The van der Waals surface area contributed by atoms with Crippen LogP contribution in [0.5, 0.6) is 5.75 Å². The van der Waals surface area contributed by atoms with Crippen molar-refractivity contribution in [2.45, 2.75) is 12.3 Å². The summed E-state index contributed by atoms with van der Waals surface area (Å²) in [6.07, 6.45) is 2.22. The highest BCUT2D eigenvalue weighted by Crippen LogP contribution is 2.23. The smallest absolute Gasteiger partial charge is 0.264 e. The van der Waals surface area contributed by atoms with Gasteiger partial charge < -0.3 is 4.74 Å². The standard InChI is InChI=1S/C13H20O7S2/c1-18-13-6-4-11(5-7-13)12(10-20-22(3,16)17)8-9-19-21(2,14)15/h4-7,12H,8-10H2,1-3H3. The van der Waals surface area contributed by atoms with Gasteiger partial charge in [0.1, 0.15) is 5.75 Å². The van der Waals surface area contributed by atoms with Gasteiger partial charge in [0.2, 0.25) is 0 Å². The van der Waals surface area contributed by atoms with Gasteiger partial charge in [0, 0.05) is 5.92 Å². The summed E-state index contributed by atoms with van der Waals surface area (Å²) in [6.45, 7) is -0.138. The predicted molar refractivity (Wildman–Crippen MR) is 81.9 cm³/mol. The van der Waals surface area contributed by atoms with E-state index in [-0.39, 0.29) is 19.1 Å². The topological polar surface area (TPSA) is 96.0 Å². The first kappa shape index (κ1) is 18.9. The molecular formula is C13H20O7S2. The maximum Gasteiger partial charge on any atom is 0.264 e. The molecule has 0 saturated heterocycles. The summed E-state index contributed by atoms with van der Waals surface area (Å²) >= 11 is 0. The van der Waals surface area contributed by atoms with E-state index in [1.165, 1.54) is 0 Å². The molecule has 0 aliphatic rings. The second kappa shape index (κ2) is 7.91. The van der Waals surface area contributed by atoms with Crippen LogP contribution in [-0.2, 0) is 28.6 Å². The first-order valence-electron chi connectivity index (χ1n) is 6.43. The first-order chi connectivity index (χ1) is 10.1. The van der Waals surface area contributed by atoms with Crippen molar-refractivity contribution in [2.24, 2.45) is 0 Å². The van der Waals surface area contributed by atoms with Gasteiger partial charge in [0.15, 0.2) is 0 Å². The molecule has 0 aliphatic heterocycles. The van der Waals surface area contributed by atoms with Crippen LogP contribution in [0.3, 0.4) is 0 Å². The highest BCUT2D eigenvalue weighted by molar-refractivity contribution is 7.86. The number of benzene rings is 1. The Morgan fingerprint density at radius 2 is 1.50 bits per heavy atom. The summed E-state index contributed by atoms with van der Waals surface area (Å²) < 4.78 is 58.8. The van der Waals surface area contributed by atoms with Gasteiger partial charge in [-0.2, -0.15) is 16.8 Å². The zero-order valence-corrected chi connectivity index (χ0v) is 14.3. The van der Waals surface area contributed by atoms with Crippen LogP contribution < -0.4 is 4.74 Å². The van der Waals surface area contributed by atoms with Crippen LogP contribution in [0, 0.1) is 0 Å². The van der Waals surface area contributed by atoms with E-state index in [0.717, 1.165) is 18.1 Å². The number of methoxy groups -OCH3 is 1. The number of hydrogen-bond acceptors (Lipinski definition) is 7. The third-order valence-electron chi connectivity index (χ3n) is 2.83. The summed E-state index contributed by atoms with van der Waals surface area (Å²) in [6, 6.07) is 7.02. The number of hydrogen-bond donors (Lipinski definition) is 0. The van der Waals surface area contributed by atoms with Crippen LogP contribution in [0.1, 0.15) is 17.9 Å². The van der Waals surface area contributed by atoms with Crippen molar-refractivity contribution in [2.75, 3.05) is 32.8 Å². The minimum absolute atomic E-state index is 0.0529. The molecule has 0 spiro atoms. The molecule has 0 aliphatic carbocycles. The molecule has 22 heavy (non-hydrogen) atoms. The van der Waals surface area contributed by atoms with E-state index in [4.69, 9.17) is 13.1 Å². The molecule has 1 unspecified atom stereocenters. The zero-order chi connectivity index (χ0) is 16.8. The summed E-state index contributed by atoms with van der Waals surface area (Å²) in [7, 11) is -5.57. The van der Waals surface area contributed by atoms with Gasteiger partial charge in [-0.15, -0.1) is 0 Å². The van der Waals surface area contributed by atoms with E-state index in [9.17, 15) is 16.8 Å². The highest BCUT2D eigenvalue weighted by atomic mass is 32.2. The SMILES string of the molecule is COc1ccc(C(CCOS(C)(=O)=O)COS(C)(=O)=O)cc1. The second-order valence-electron chi connectivity index (χ2n) is 4.77. The molecule has 1 atom stereocenters. The van der Waals surface area contributed by atoms with Gasteiger partial charge in [-0.25, -0.2) is 0 Å². The third-order valence-corrected chi connectivity index (χ3v) is 3.99. The van der Waals surface area contributed by atoms with Crippen LogP contribution in [0.15, 0.2) is 24.3 Å². The lowest BCUT2D eigenvalue weighted by Crippen LogP contribution is -2.15. The molecule has 0 amide bonds. The Hall–Kier alpha value is -1.16. The average molecular weight is 352 g/mol. The molecule has 1 rings (SSSR count). The molecule has 0 aromatic heterocycles. The lowest BCUT2D eigenvalue weighted by molar-refractivity contribution is 0.251. The van der Waals surface area contributed by atoms with Crippen LogP contribution >= 0.6 is 0 Å². The third kappa shape index (κ3) is 7.74. The average Bonchev–Trinajstić information content (AvgIpc) is 2.40. The van der Waals surface area contributed by atoms with Crippen LogP contribution in [0.2, 0.25) is 0 Å². The van der Waals surface area contributed by atoms with Gasteiger partial charge in [0.05, 0.1) is 32.8 Å². The fourth-order valence-electron chi connectivity index (χ4n) is 1.77. The first-order valence-corrected chi connectivity index (χ1v) is 10.1. The maximum atomic E-state index is 11.1. The zero-order valence-electron chi connectivity index (χ0n) is 12.7. The van der Waals surface area contributed by atoms with Crippen LogP contribution in [0.25, 0.3) is 0 Å². The van der Waals surface area contributed by atoms with Gasteiger partial charge in [-0.1, -0.05) is 12.1 Å². The Kier molecular flexibility index (Phi) is 6.79. The number of rotatable bonds is 9. The highest BCUT2D eigenvalue weighted by Gasteiger charge is 2.16. The molecule has 0 bridgehead atoms. The second-order valence-corrected chi connectivity index (χ2v) is 8.06. The Labute approximate surface area is 131 Å². The quantitative estimate of drug-likeness (QED) is 0.614. The van der Waals surface area contributed by atoms with E-state index >= 15 is 0 Å². The largest absolute Gasteiger partial charge is 0.497 e. The van der Waals surface area contributed by atoms with Gasteiger partial charge in [-0.05, 0) is 24.1 Å². The summed E-state index contributed by atoms with van der Waals surface area (Å²) in [4.78, 5) is 0. The van der Waals surface area contributed by atoms with Crippen LogP contribution in [-0.4, -0.2) is 49.7 Å². The Morgan fingerprint density at radius 3 is 1.95 bits per heavy atom. The van der Waals surface area contributed by atoms with Crippen molar-refractivity contribution in [3.8, 4) is 5.75 Å². The molecule has 0 heterocycles. The fraction of sp³-hybridized carbons (Fsp3) is 0.538. The van der Waals surface area contributed by atoms with Crippen LogP contribution in [0.4, 0.5) is 0 Å². The lowest BCUT2D eigenvalue weighted by atomic mass is 9.97. The Balaban J connectivity index is 2.79. The van der Waals surface area contributed by atoms with Crippen molar-refractivity contribution < 1.29 is 29.9 Å². The van der Waals surface area contributed by atoms with Crippen molar-refractivity contribution in [3.63, 3.8) is 0 Å². The summed E-state index contributed by atoms with van der Waals surface area (Å²) in [5, 5.41) is 0. The van der Waals surface area contributed by atoms with Crippen molar-refractivity contribution >= 4 is 20.2 Å². The van der Waals surface area contributed by atoms with Gasteiger partial charge >= 0.3 is 0 Å². The van der Waals surface area contributed by atoms with E-state index < -0.39 is 20.2 Å². The monoisotopic (exact) mass is 352 g/mol. The molecule has 1 aromatic carbocycles. The normalized spacial score (nSPS) is 13.8. The molecule has 126 valence electrons. The van der Waals surface area contributed by atoms with Gasteiger partial charge in [-0.3, -0.25) is 8.37 Å². The van der Waals surface area contributed by atoms with Gasteiger partial charge in [0.25, 0.3) is 20.2 Å². The van der Waals surface area contributed by atoms with E-state index in [2.05, 4.69) is 0 Å². The Bertz CT molecular complexity index is 663. The summed E-state index contributed by atoms with van der Waals surface area (Å²) in [5.41, 5.74) is 0.807. The molecule has 9 heteroatoms. The molecule has 7 nitrogen and oxygen atoms in total. The molecule has 0 N–H and O–H groups in total. The maximum absolute atomic E-state index is 11.1. The van der Waals surface area contributed by atoms with E-state index in [0.29, 0.717) is 12.2 Å². The van der Waals surface area contributed by atoms with Crippen molar-refractivity contribution in [1.29, 1.82) is 0 Å². The molecule has 0 saturated carbocycles. The lowest BCUT2D eigenvalue weighted by Gasteiger charge is -2.17. The predicted octanol–water partition coefficient (Wildman–Crippen LogP) is 1.12. The fourth-order valence-corrected chi connectivity index (χ4v) is 2.58. The Morgan fingerprint density at radius 1 is 0.955 bits per heavy atom. The minimum Gasteiger partial charge on any atom is -0.497 e. The van der Waals surface area contributed by atoms with Crippen molar-refractivity contribution in [1.82, 2.24) is 0 Å². The summed E-state index contributed by atoms with van der Waals surface area (Å²) in [5.74, 6) is 0.348. The van der Waals surface area contributed by atoms with E-state index in [1.807, 2.05) is 0 Å². The van der Waals surface area contributed by atoms with E-state index in [1.54, 1.807) is 31.4 Å². The number of ether oxygens (including phenoxy) is 1. The molecule has 0 fully saturated rings.